The maximum Gasteiger partial charge on any atom is 0.294 e. The third kappa shape index (κ3) is 1.41. The van der Waals surface area contributed by atoms with Gasteiger partial charge in [0.25, 0.3) is 5.56 Å². The van der Waals surface area contributed by atoms with Gasteiger partial charge in [-0.25, -0.2) is 5.10 Å². The van der Waals surface area contributed by atoms with Crippen molar-refractivity contribution in [2.75, 3.05) is 0 Å². The zero-order valence-electron chi connectivity index (χ0n) is 10.5. The summed E-state index contributed by atoms with van der Waals surface area (Å²) in [5.74, 6) is 1.10. The van der Waals surface area contributed by atoms with Gasteiger partial charge in [-0.05, 0) is 19.1 Å². The number of nitrogens with zero attached hydrogens (tertiary/aromatic N) is 2. The summed E-state index contributed by atoms with van der Waals surface area (Å²) in [5, 5.41) is 11.8. The Morgan fingerprint density at radius 2 is 2.10 bits per heavy atom. The first kappa shape index (κ1) is 11.0. The molecule has 98 valence electrons. The molecule has 0 fully saturated rings. The molecule has 0 spiro atoms. The molecule has 0 aliphatic heterocycles. The van der Waals surface area contributed by atoms with Crippen molar-refractivity contribution in [3.8, 4) is 11.5 Å². The minimum absolute atomic E-state index is 0.230. The number of nitrogens with one attached hydrogen (secondary N) is 1. The largest absolute Gasteiger partial charge is 0.454 e. The summed E-state index contributed by atoms with van der Waals surface area (Å²) in [5.41, 5.74) is 1.14. The van der Waals surface area contributed by atoms with Gasteiger partial charge >= 0.3 is 0 Å². The van der Waals surface area contributed by atoms with Gasteiger partial charge in [-0.1, -0.05) is 23.4 Å². The van der Waals surface area contributed by atoms with Gasteiger partial charge in [0.1, 0.15) is 17.0 Å². The van der Waals surface area contributed by atoms with Crippen molar-refractivity contribution in [1.82, 2.24) is 15.4 Å². The van der Waals surface area contributed by atoms with E-state index in [0.29, 0.717) is 22.6 Å². The van der Waals surface area contributed by atoms with Crippen LogP contribution >= 0.6 is 0 Å². The second kappa shape index (κ2) is 3.80. The van der Waals surface area contributed by atoms with Gasteiger partial charge < -0.3 is 8.94 Å². The molecule has 3 aromatic heterocycles. The Morgan fingerprint density at radius 1 is 1.25 bits per heavy atom. The summed E-state index contributed by atoms with van der Waals surface area (Å²) < 4.78 is 10.9. The van der Waals surface area contributed by atoms with Crippen molar-refractivity contribution in [3.05, 3.63) is 46.4 Å². The lowest BCUT2D eigenvalue weighted by Crippen LogP contribution is -2.09. The van der Waals surface area contributed by atoms with Crippen molar-refractivity contribution in [2.24, 2.45) is 0 Å². The minimum atomic E-state index is -0.378. The highest BCUT2D eigenvalue weighted by Gasteiger charge is 2.18. The monoisotopic (exact) mass is 267 g/mol. The molecule has 0 saturated carbocycles. The summed E-state index contributed by atoms with van der Waals surface area (Å²) in [6.45, 7) is 1.74. The molecule has 0 aliphatic rings. The van der Waals surface area contributed by atoms with Crippen LogP contribution in [0.1, 0.15) is 5.76 Å². The lowest BCUT2D eigenvalue weighted by molar-refractivity contribution is 0.405. The van der Waals surface area contributed by atoms with Gasteiger partial charge in [-0.2, -0.15) is 5.10 Å². The Kier molecular flexibility index (Phi) is 2.09. The number of aromatic nitrogens is 3. The Labute approximate surface area is 112 Å². The molecule has 0 bridgehead atoms. The summed E-state index contributed by atoms with van der Waals surface area (Å²) in [7, 11) is 0. The quantitative estimate of drug-likeness (QED) is 0.573. The van der Waals surface area contributed by atoms with Gasteiger partial charge in [0.15, 0.2) is 11.3 Å². The molecule has 0 atom stereocenters. The topological polar surface area (TPSA) is 84.9 Å². The van der Waals surface area contributed by atoms with Crippen LogP contribution in [0, 0.1) is 6.92 Å². The van der Waals surface area contributed by atoms with Gasteiger partial charge in [-0.15, -0.1) is 0 Å². The van der Waals surface area contributed by atoms with E-state index in [1.165, 1.54) is 0 Å². The van der Waals surface area contributed by atoms with E-state index >= 15 is 0 Å². The lowest BCUT2D eigenvalue weighted by atomic mass is 10.1. The molecule has 6 nitrogen and oxygen atoms in total. The molecule has 0 amide bonds. The van der Waals surface area contributed by atoms with E-state index in [2.05, 4.69) is 15.4 Å². The lowest BCUT2D eigenvalue weighted by Gasteiger charge is -1.96. The number of hydrogen-bond acceptors (Lipinski definition) is 5. The van der Waals surface area contributed by atoms with E-state index in [4.69, 9.17) is 8.94 Å². The van der Waals surface area contributed by atoms with E-state index in [0.717, 1.165) is 11.0 Å². The van der Waals surface area contributed by atoms with Crippen LogP contribution in [0.5, 0.6) is 0 Å². The molecule has 3 heterocycles. The number of furan rings is 1. The van der Waals surface area contributed by atoms with E-state index in [1.807, 2.05) is 30.3 Å². The molecule has 1 N–H and O–H groups in total. The number of benzene rings is 1. The smallest absolute Gasteiger partial charge is 0.294 e. The summed E-state index contributed by atoms with van der Waals surface area (Å²) in [6.07, 6.45) is 0. The third-order valence-corrected chi connectivity index (χ3v) is 3.24. The molecule has 0 unspecified atom stereocenters. The zero-order valence-corrected chi connectivity index (χ0v) is 10.5. The second-order valence-corrected chi connectivity index (χ2v) is 4.51. The number of aryl methyl sites for hydroxylation is 1. The summed E-state index contributed by atoms with van der Waals surface area (Å²) in [6, 6.07) is 9.54. The highest BCUT2D eigenvalue weighted by molar-refractivity contribution is 5.94. The predicted octanol–water partition coefficient (Wildman–Crippen LogP) is 2.63. The van der Waals surface area contributed by atoms with Crippen molar-refractivity contribution in [1.29, 1.82) is 0 Å². The second-order valence-electron chi connectivity index (χ2n) is 4.51. The predicted molar refractivity (Wildman–Crippen MR) is 72.4 cm³/mol. The van der Waals surface area contributed by atoms with Gasteiger partial charge in [0.2, 0.25) is 0 Å². The molecule has 4 aromatic rings. The molecule has 0 saturated heterocycles. The maximum atomic E-state index is 11.7. The van der Waals surface area contributed by atoms with Crippen LogP contribution in [0.15, 0.2) is 44.1 Å². The average Bonchev–Trinajstić information content (AvgIpc) is 3.04. The Morgan fingerprint density at radius 3 is 2.95 bits per heavy atom. The summed E-state index contributed by atoms with van der Waals surface area (Å²) >= 11 is 0. The van der Waals surface area contributed by atoms with Crippen LogP contribution in [0.4, 0.5) is 0 Å². The molecular formula is C14H9N3O3. The Balaban J connectivity index is 2.09. The van der Waals surface area contributed by atoms with Crippen molar-refractivity contribution >= 4 is 21.9 Å². The van der Waals surface area contributed by atoms with Gasteiger partial charge in [0.05, 0.1) is 5.39 Å². The van der Waals surface area contributed by atoms with E-state index in [9.17, 15) is 4.79 Å². The summed E-state index contributed by atoms with van der Waals surface area (Å²) in [4.78, 5) is 11.7. The van der Waals surface area contributed by atoms with Gasteiger partial charge in [-0.3, -0.25) is 4.79 Å². The van der Waals surface area contributed by atoms with Gasteiger partial charge in [0, 0.05) is 5.39 Å². The number of para-hydroxylation sites is 1. The third-order valence-electron chi connectivity index (χ3n) is 3.24. The first-order chi connectivity index (χ1) is 9.74. The van der Waals surface area contributed by atoms with Crippen LogP contribution in [-0.4, -0.2) is 15.4 Å². The fourth-order valence-electron chi connectivity index (χ4n) is 2.30. The van der Waals surface area contributed by atoms with Crippen molar-refractivity contribution in [3.63, 3.8) is 0 Å². The maximum absolute atomic E-state index is 11.7. The molecule has 1 aromatic carbocycles. The normalized spacial score (nSPS) is 11.4. The molecule has 6 heteroatoms. The van der Waals surface area contributed by atoms with E-state index in [1.54, 1.807) is 6.92 Å². The fraction of sp³-hybridized carbons (Fsp3) is 0.0714. The Bertz CT molecular complexity index is 961. The minimum Gasteiger partial charge on any atom is -0.454 e. The molecule has 20 heavy (non-hydrogen) atoms. The molecule has 4 rings (SSSR count). The molecular weight excluding hydrogens is 258 g/mol. The van der Waals surface area contributed by atoms with Crippen LogP contribution in [0.3, 0.4) is 0 Å². The first-order valence-electron chi connectivity index (χ1n) is 6.07. The van der Waals surface area contributed by atoms with Crippen LogP contribution in [0.25, 0.3) is 33.3 Å². The highest BCUT2D eigenvalue weighted by Crippen LogP contribution is 2.31. The zero-order chi connectivity index (χ0) is 13.7. The highest BCUT2D eigenvalue weighted by atomic mass is 16.5. The van der Waals surface area contributed by atoms with E-state index < -0.39 is 0 Å². The number of fused-ring (bicyclic) bond motifs is 2. The van der Waals surface area contributed by atoms with Crippen LogP contribution in [-0.2, 0) is 0 Å². The van der Waals surface area contributed by atoms with E-state index in [-0.39, 0.29) is 11.1 Å². The number of rotatable bonds is 1. The first-order valence-corrected chi connectivity index (χ1v) is 6.07. The molecule has 0 radical (unpaired) electrons. The SMILES string of the molecule is Cc1onc2c(=O)[nH]nc(-c3cc4ccccc4o3)c12. The van der Waals surface area contributed by atoms with Crippen LogP contribution < -0.4 is 5.56 Å². The average molecular weight is 267 g/mol. The number of hydrogen-bond donors (Lipinski definition) is 1. The van der Waals surface area contributed by atoms with Crippen LogP contribution in [0.2, 0.25) is 0 Å². The van der Waals surface area contributed by atoms with Crippen molar-refractivity contribution < 1.29 is 8.94 Å². The number of aromatic amines is 1. The molecule has 0 aliphatic carbocycles. The van der Waals surface area contributed by atoms with Crippen molar-refractivity contribution in [2.45, 2.75) is 6.92 Å². The number of H-pyrrole nitrogens is 1. The Hall–Kier alpha value is -2.89. The standard InChI is InChI=1S/C14H9N3O3/c1-7-11-12(15-16-14(18)13(11)17-20-7)10-6-8-4-2-3-5-9(8)19-10/h2-6H,1H3,(H,16,18). The fourth-order valence-corrected chi connectivity index (χ4v) is 2.30.